The summed E-state index contributed by atoms with van der Waals surface area (Å²) in [7, 11) is -2.11. The Balaban J connectivity index is 1.72. The topological polar surface area (TPSA) is 86.1 Å². The number of ether oxygens (including phenoxy) is 1. The molecule has 8 heteroatoms. The van der Waals surface area contributed by atoms with Crippen LogP contribution in [0.15, 0.2) is 30.3 Å². The van der Waals surface area contributed by atoms with E-state index in [4.69, 9.17) is 4.74 Å². The molecule has 23 heavy (non-hydrogen) atoms. The lowest BCUT2D eigenvalue weighted by molar-refractivity contribution is 0.122. The number of methoxy groups -OCH3 is 1. The molecule has 1 N–H and O–H groups in total. The van der Waals surface area contributed by atoms with E-state index in [1.807, 2.05) is 30.3 Å². The molecule has 1 aliphatic heterocycles. The summed E-state index contributed by atoms with van der Waals surface area (Å²) in [6.45, 7) is 0.786. The Bertz CT molecular complexity index is 735. The molecule has 0 saturated carbocycles. The number of aryl methyl sites for hydroxylation is 2. The highest BCUT2D eigenvalue weighted by Gasteiger charge is 2.23. The zero-order valence-corrected chi connectivity index (χ0v) is 13.8. The standard InChI is InChI=1S/C15H20N4O3S/c1-22-13(12-7-3-2-4-8-12)11-23(20,21)18-15-16-14-9-5-6-10-19(14)17-15/h2-4,7-8,13H,5-6,9-11H2,1H3,(H,17,18). The molecule has 1 unspecified atom stereocenters. The molecule has 1 aromatic heterocycles. The number of rotatable bonds is 6. The van der Waals surface area contributed by atoms with Crippen LogP contribution in [0.3, 0.4) is 0 Å². The Kier molecular flexibility index (Phi) is 4.63. The minimum absolute atomic E-state index is 0.143. The van der Waals surface area contributed by atoms with E-state index in [1.165, 1.54) is 7.11 Å². The van der Waals surface area contributed by atoms with E-state index >= 15 is 0 Å². The Morgan fingerprint density at radius 3 is 2.78 bits per heavy atom. The number of benzene rings is 1. The molecule has 1 aromatic carbocycles. The summed E-state index contributed by atoms with van der Waals surface area (Å²) in [5.74, 6) is 0.794. The van der Waals surface area contributed by atoms with Crippen molar-refractivity contribution in [2.75, 3.05) is 17.6 Å². The van der Waals surface area contributed by atoms with Crippen LogP contribution in [0.2, 0.25) is 0 Å². The molecule has 3 rings (SSSR count). The number of sulfonamides is 1. The number of nitrogens with one attached hydrogen (secondary N) is 1. The minimum Gasteiger partial charge on any atom is -0.376 e. The molecule has 0 bridgehead atoms. The van der Waals surface area contributed by atoms with Crippen LogP contribution in [0.4, 0.5) is 5.95 Å². The largest absolute Gasteiger partial charge is 0.376 e. The van der Waals surface area contributed by atoms with Gasteiger partial charge in [-0.2, -0.15) is 4.98 Å². The van der Waals surface area contributed by atoms with Gasteiger partial charge in [-0.1, -0.05) is 30.3 Å². The molecule has 0 amide bonds. The van der Waals surface area contributed by atoms with Gasteiger partial charge < -0.3 is 4.74 Å². The van der Waals surface area contributed by atoms with Gasteiger partial charge in [0.05, 0.1) is 11.9 Å². The first kappa shape index (κ1) is 15.9. The molecule has 124 valence electrons. The van der Waals surface area contributed by atoms with Gasteiger partial charge in [0.1, 0.15) is 5.82 Å². The Hall–Kier alpha value is -1.93. The van der Waals surface area contributed by atoms with Crippen LogP contribution in [0.5, 0.6) is 0 Å². The van der Waals surface area contributed by atoms with Crippen LogP contribution in [-0.4, -0.2) is 36.0 Å². The van der Waals surface area contributed by atoms with Crippen molar-refractivity contribution in [1.82, 2.24) is 14.8 Å². The van der Waals surface area contributed by atoms with Crippen molar-refractivity contribution in [2.24, 2.45) is 0 Å². The number of aromatic nitrogens is 3. The number of hydrogen-bond donors (Lipinski definition) is 1. The van der Waals surface area contributed by atoms with Gasteiger partial charge in [0.15, 0.2) is 0 Å². The fourth-order valence-electron chi connectivity index (χ4n) is 2.67. The van der Waals surface area contributed by atoms with Crippen molar-refractivity contribution < 1.29 is 13.2 Å². The first-order valence-electron chi connectivity index (χ1n) is 7.59. The monoisotopic (exact) mass is 336 g/mol. The average Bonchev–Trinajstić information content (AvgIpc) is 2.94. The van der Waals surface area contributed by atoms with Gasteiger partial charge in [-0.3, -0.25) is 0 Å². The molecule has 2 aromatic rings. The Labute approximate surface area is 135 Å². The highest BCUT2D eigenvalue weighted by atomic mass is 32.2. The molecular weight excluding hydrogens is 316 g/mol. The van der Waals surface area contributed by atoms with Crippen molar-refractivity contribution in [3.05, 3.63) is 41.7 Å². The van der Waals surface area contributed by atoms with Gasteiger partial charge in [-0.15, -0.1) is 5.10 Å². The maximum atomic E-state index is 12.4. The van der Waals surface area contributed by atoms with E-state index in [0.717, 1.165) is 37.2 Å². The van der Waals surface area contributed by atoms with Gasteiger partial charge in [-0.05, 0) is 18.4 Å². The molecule has 0 radical (unpaired) electrons. The van der Waals surface area contributed by atoms with E-state index in [1.54, 1.807) is 4.68 Å². The lowest BCUT2D eigenvalue weighted by Crippen LogP contribution is -2.23. The third kappa shape index (κ3) is 3.89. The summed E-state index contributed by atoms with van der Waals surface area (Å²) < 4.78 is 34.3. The SMILES string of the molecule is COC(CS(=O)(=O)Nc1nc2n(n1)CCCC2)c1ccccc1. The summed E-state index contributed by atoms with van der Waals surface area (Å²) in [4.78, 5) is 4.26. The van der Waals surface area contributed by atoms with Crippen LogP contribution in [0, 0.1) is 0 Å². The number of anilines is 1. The van der Waals surface area contributed by atoms with Crippen LogP contribution in [-0.2, 0) is 27.7 Å². The summed E-state index contributed by atoms with van der Waals surface area (Å²) in [5.41, 5.74) is 0.817. The summed E-state index contributed by atoms with van der Waals surface area (Å²) >= 11 is 0. The number of nitrogens with zero attached hydrogens (tertiary/aromatic N) is 3. The van der Waals surface area contributed by atoms with Gasteiger partial charge in [0, 0.05) is 20.1 Å². The predicted octanol–water partition coefficient (Wildman–Crippen LogP) is 1.74. The van der Waals surface area contributed by atoms with Crippen molar-refractivity contribution in [3.8, 4) is 0 Å². The molecular formula is C15H20N4O3S. The molecule has 1 aliphatic rings. The van der Waals surface area contributed by atoms with Crippen LogP contribution < -0.4 is 4.72 Å². The normalized spacial score (nSPS) is 15.9. The summed E-state index contributed by atoms with van der Waals surface area (Å²) in [5, 5.41) is 4.22. The van der Waals surface area contributed by atoms with E-state index in [9.17, 15) is 8.42 Å². The third-order valence-corrected chi connectivity index (χ3v) is 5.08. The first-order valence-corrected chi connectivity index (χ1v) is 9.24. The van der Waals surface area contributed by atoms with E-state index in [-0.39, 0.29) is 11.7 Å². The minimum atomic E-state index is -3.61. The van der Waals surface area contributed by atoms with Crippen LogP contribution in [0.1, 0.15) is 30.3 Å². The first-order chi connectivity index (χ1) is 11.1. The summed E-state index contributed by atoms with van der Waals surface area (Å²) in [6, 6.07) is 9.27. The molecule has 0 spiro atoms. The van der Waals surface area contributed by atoms with Gasteiger partial charge >= 0.3 is 0 Å². The molecule has 2 heterocycles. The lowest BCUT2D eigenvalue weighted by atomic mass is 10.1. The fourth-order valence-corrected chi connectivity index (χ4v) is 3.85. The second-order valence-corrected chi connectivity index (χ2v) is 7.32. The Morgan fingerprint density at radius 1 is 1.30 bits per heavy atom. The molecule has 0 saturated heterocycles. The quantitative estimate of drug-likeness (QED) is 0.868. The second-order valence-electron chi connectivity index (χ2n) is 5.55. The van der Waals surface area contributed by atoms with Crippen LogP contribution in [0.25, 0.3) is 0 Å². The fraction of sp³-hybridized carbons (Fsp3) is 0.467. The van der Waals surface area contributed by atoms with Crippen molar-refractivity contribution in [1.29, 1.82) is 0 Å². The predicted molar refractivity (Wildman–Crippen MR) is 86.6 cm³/mol. The Morgan fingerprint density at radius 2 is 2.09 bits per heavy atom. The van der Waals surface area contributed by atoms with E-state index in [2.05, 4.69) is 14.8 Å². The van der Waals surface area contributed by atoms with Gasteiger partial charge in [0.25, 0.3) is 5.95 Å². The molecule has 7 nitrogen and oxygen atoms in total. The summed E-state index contributed by atoms with van der Waals surface area (Å²) in [6.07, 6.45) is 2.40. The maximum Gasteiger partial charge on any atom is 0.255 e. The van der Waals surface area contributed by atoms with Crippen molar-refractivity contribution in [3.63, 3.8) is 0 Å². The average molecular weight is 336 g/mol. The highest BCUT2D eigenvalue weighted by molar-refractivity contribution is 7.92. The van der Waals surface area contributed by atoms with Gasteiger partial charge in [0.2, 0.25) is 10.0 Å². The smallest absolute Gasteiger partial charge is 0.255 e. The highest BCUT2D eigenvalue weighted by Crippen LogP contribution is 2.20. The van der Waals surface area contributed by atoms with Crippen LogP contribution >= 0.6 is 0 Å². The molecule has 0 aliphatic carbocycles. The third-order valence-electron chi connectivity index (χ3n) is 3.84. The second kappa shape index (κ2) is 6.67. The van der Waals surface area contributed by atoms with Gasteiger partial charge in [-0.25, -0.2) is 17.8 Å². The zero-order valence-electron chi connectivity index (χ0n) is 13.0. The lowest BCUT2D eigenvalue weighted by Gasteiger charge is -2.15. The zero-order chi connectivity index (χ0) is 16.3. The number of hydrogen-bond acceptors (Lipinski definition) is 5. The van der Waals surface area contributed by atoms with Crippen molar-refractivity contribution >= 4 is 16.0 Å². The van der Waals surface area contributed by atoms with Crippen molar-refractivity contribution in [2.45, 2.75) is 31.9 Å². The number of fused-ring (bicyclic) bond motifs is 1. The molecule has 1 atom stereocenters. The molecule has 0 fully saturated rings. The van der Waals surface area contributed by atoms with E-state index < -0.39 is 16.1 Å². The maximum absolute atomic E-state index is 12.4. The van der Waals surface area contributed by atoms with E-state index in [0.29, 0.717) is 0 Å².